The number of benzene rings is 2. The molecule has 2 aromatic carbocycles. The molecular formula is C16H15BrN2O. The number of nitrogens with zero attached hydrogens (tertiary/aromatic N) is 1. The van der Waals surface area contributed by atoms with Crippen LogP contribution in [0.3, 0.4) is 0 Å². The standard InChI is InChI=1S/C16H15BrN2O/c1-10-16(11(2)20-19-10)9-18-15-6-4-12-7-14(17)5-3-13(12)8-15/h3-8,18H,9H2,1-2H3. The summed E-state index contributed by atoms with van der Waals surface area (Å²) in [6.45, 7) is 4.63. The summed E-state index contributed by atoms with van der Waals surface area (Å²) >= 11 is 3.49. The third-order valence-corrected chi connectivity index (χ3v) is 3.95. The highest BCUT2D eigenvalue weighted by atomic mass is 79.9. The second-order valence-corrected chi connectivity index (χ2v) is 5.78. The molecule has 1 N–H and O–H groups in total. The average molecular weight is 331 g/mol. The molecule has 0 aliphatic rings. The van der Waals surface area contributed by atoms with Gasteiger partial charge in [0.1, 0.15) is 5.76 Å². The number of fused-ring (bicyclic) bond motifs is 1. The van der Waals surface area contributed by atoms with Crippen LogP contribution in [0.5, 0.6) is 0 Å². The highest BCUT2D eigenvalue weighted by molar-refractivity contribution is 9.10. The van der Waals surface area contributed by atoms with E-state index in [9.17, 15) is 0 Å². The van der Waals surface area contributed by atoms with Gasteiger partial charge in [-0.15, -0.1) is 0 Å². The Bertz CT molecular complexity index is 745. The molecule has 20 heavy (non-hydrogen) atoms. The SMILES string of the molecule is Cc1noc(C)c1CNc1ccc2cc(Br)ccc2c1. The summed E-state index contributed by atoms with van der Waals surface area (Å²) in [5.41, 5.74) is 3.17. The van der Waals surface area contributed by atoms with Crippen molar-refractivity contribution < 1.29 is 4.52 Å². The number of aryl methyl sites for hydroxylation is 2. The van der Waals surface area contributed by atoms with Crippen LogP contribution >= 0.6 is 15.9 Å². The average Bonchev–Trinajstić information content (AvgIpc) is 2.76. The van der Waals surface area contributed by atoms with Crippen LogP contribution in [0.1, 0.15) is 17.0 Å². The van der Waals surface area contributed by atoms with E-state index < -0.39 is 0 Å². The minimum atomic E-state index is 0.725. The van der Waals surface area contributed by atoms with E-state index in [0.717, 1.165) is 33.7 Å². The molecule has 0 amide bonds. The number of nitrogens with one attached hydrogen (secondary N) is 1. The van der Waals surface area contributed by atoms with Gasteiger partial charge in [-0.2, -0.15) is 0 Å². The van der Waals surface area contributed by atoms with Crippen molar-refractivity contribution in [1.29, 1.82) is 0 Å². The molecule has 0 aliphatic carbocycles. The van der Waals surface area contributed by atoms with Gasteiger partial charge in [0, 0.05) is 22.3 Å². The predicted octanol–water partition coefficient (Wildman–Crippen LogP) is 4.82. The lowest BCUT2D eigenvalue weighted by Crippen LogP contribution is -2.01. The second kappa shape index (κ2) is 5.29. The summed E-state index contributed by atoms with van der Waals surface area (Å²) in [6, 6.07) is 12.6. The number of rotatable bonds is 3. The zero-order valence-corrected chi connectivity index (χ0v) is 13.0. The zero-order valence-electron chi connectivity index (χ0n) is 11.4. The van der Waals surface area contributed by atoms with Crippen LogP contribution in [0, 0.1) is 13.8 Å². The van der Waals surface area contributed by atoms with Crippen LogP contribution in [0.25, 0.3) is 10.8 Å². The summed E-state index contributed by atoms with van der Waals surface area (Å²) in [7, 11) is 0. The summed E-state index contributed by atoms with van der Waals surface area (Å²) in [6.07, 6.45) is 0. The molecule has 0 atom stereocenters. The minimum absolute atomic E-state index is 0.725. The third-order valence-electron chi connectivity index (χ3n) is 3.45. The van der Waals surface area contributed by atoms with E-state index in [4.69, 9.17) is 4.52 Å². The van der Waals surface area contributed by atoms with E-state index in [1.54, 1.807) is 0 Å². The lowest BCUT2D eigenvalue weighted by Gasteiger charge is -2.07. The molecule has 4 heteroatoms. The first-order chi connectivity index (χ1) is 9.63. The molecule has 0 radical (unpaired) electrons. The van der Waals surface area contributed by atoms with Crippen LogP contribution in [0.4, 0.5) is 5.69 Å². The predicted molar refractivity (Wildman–Crippen MR) is 85.0 cm³/mol. The monoisotopic (exact) mass is 330 g/mol. The summed E-state index contributed by atoms with van der Waals surface area (Å²) in [4.78, 5) is 0. The first kappa shape index (κ1) is 13.2. The molecule has 1 aromatic heterocycles. The maximum absolute atomic E-state index is 5.17. The van der Waals surface area contributed by atoms with Crippen LogP contribution in [-0.2, 0) is 6.54 Å². The lowest BCUT2D eigenvalue weighted by atomic mass is 10.1. The van der Waals surface area contributed by atoms with Crippen molar-refractivity contribution in [2.75, 3.05) is 5.32 Å². The Morgan fingerprint density at radius 1 is 1.10 bits per heavy atom. The van der Waals surface area contributed by atoms with E-state index >= 15 is 0 Å². The molecule has 3 aromatic rings. The molecule has 0 saturated heterocycles. The van der Waals surface area contributed by atoms with Gasteiger partial charge in [-0.3, -0.25) is 0 Å². The van der Waals surface area contributed by atoms with E-state index in [0.29, 0.717) is 0 Å². The Morgan fingerprint density at radius 3 is 2.60 bits per heavy atom. The number of halogens is 1. The minimum Gasteiger partial charge on any atom is -0.381 e. The molecule has 102 valence electrons. The van der Waals surface area contributed by atoms with Crippen LogP contribution < -0.4 is 5.32 Å². The lowest BCUT2D eigenvalue weighted by molar-refractivity contribution is 0.392. The van der Waals surface area contributed by atoms with Crippen molar-refractivity contribution in [2.24, 2.45) is 0 Å². The molecule has 0 saturated carbocycles. The fourth-order valence-corrected chi connectivity index (χ4v) is 2.65. The Hall–Kier alpha value is -1.81. The molecule has 3 rings (SSSR count). The number of anilines is 1. The first-order valence-corrected chi connectivity index (χ1v) is 7.28. The van der Waals surface area contributed by atoms with Gasteiger partial charge < -0.3 is 9.84 Å². The van der Waals surface area contributed by atoms with Crippen molar-refractivity contribution >= 4 is 32.4 Å². The van der Waals surface area contributed by atoms with Gasteiger partial charge in [-0.05, 0) is 48.9 Å². The molecular weight excluding hydrogens is 316 g/mol. The van der Waals surface area contributed by atoms with E-state index in [2.05, 4.69) is 62.8 Å². The van der Waals surface area contributed by atoms with Crippen LogP contribution in [-0.4, -0.2) is 5.16 Å². The molecule has 0 fully saturated rings. The molecule has 0 aliphatic heterocycles. The van der Waals surface area contributed by atoms with Crippen molar-refractivity contribution in [3.8, 4) is 0 Å². The maximum Gasteiger partial charge on any atom is 0.138 e. The Balaban J connectivity index is 1.83. The molecule has 3 nitrogen and oxygen atoms in total. The highest BCUT2D eigenvalue weighted by Crippen LogP contribution is 2.23. The normalized spacial score (nSPS) is 10.9. The topological polar surface area (TPSA) is 38.1 Å². The van der Waals surface area contributed by atoms with Crippen molar-refractivity contribution in [1.82, 2.24) is 5.16 Å². The van der Waals surface area contributed by atoms with Crippen LogP contribution in [0.2, 0.25) is 0 Å². The molecule has 0 spiro atoms. The Labute approximate surface area is 126 Å². The van der Waals surface area contributed by atoms with E-state index in [1.807, 2.05) is 13.8 Å². The zero-order chi connectivity index (χ0) is 14.1. The number of hydrogen-bond donors (Lipinski definition) is 1. The smallest absolute Gasteiger partial charge is 0.138 e. The van der Waals surface area contributed by atoms with Gasteiger partial charge in [-0.25, -0.2) is 0 Å². The fourth-order valence-electron chi connectivity index (χ4n) is 2.27. The van der Waals surface area contributed by atoms with Gasteiger partial charge in [0.25, 0.3) is 0 Å². The van der Waals surface area contributed by atoms with Gasteiger partial charge in [0.2, 0.25) is 0 Å². The Morgan fingerprint density at radius 2 is 1.85 bits per heavy atom. The van der Waals surface area contributed by atoms with E-state index in [-0.39, 0.29) is 0 Å². The first-order valence-electron chi connectivity index (χ1n) is 6.48. The maximum atomic E-state index is 5.17. The van der Waals surface area contributed by atoms with Gasteiger partial charge >= 0.3 is 0 Å². The third kappa shape index (κ3) is 2.56. The van der Waals surface area contributed by atoms with Gasteiger partial charge in [0.15, 0.2) is 0 Å². The summed E-state index contributed by atoms with van der Waals surface area (Å²) in [5.74, 6) is 0.875. The quantitative estimate of drug-likeness (QED) is 0.748. The Kier molecular flexibility index (Phi) is 3.49. The highest BCUT2D eigenvalue weighted by Gasteiger charge is 2.08. The second-order valence-electron chi connectivity index (χ2n) is 4.86. The van der Waals surface area contributed by atoms with Crippen molar-refractivity contribution in [2.45, 2.75) is 20.4 Å². The van der Waals surface area contributed by atoms with Crippen molar-refractivity contribution in [3.05, 3.63) is 57.9 Å². The summed E-state index contributed by atoms with van der Waals surface area (Å²) < 4.78 is 6.27. The largest absolute Gasteiger partial charge is 0.381 e. The van der Waals surface area contributed by atoms with E-state index in [1.165, 1.54) is 10.8 Å². The number of aromatic nitrogens is 1. The molecule has 0 unspecified atom stereocenters. The van der Waals surface area contributed by atoms with Gasteiger partial charge in [-0.1, -0.05) is 33.2 Å². The van der Waals surface area contributed by atoms with Crippen LogP contribution in [0.15, 0.2) is 45.4 Å². The molecule has 1 heterocycles. The fraction of sp³-hybridized carbons (Fsp3) is 0.188. The number of hydrogen-bond acceptors (Lipinski definition) is 3. The van der Waals surface area contributed by atoms with Crippen molar-refractivity contribution in [3.63, 3.8) is 0 Å². The van der Waals surface area contributed by atoms with Gasteiger partial charge in [0.05, 0.1) is 5.69 Å². The summed E-state index contributed by atoms with van der Waals surface area (Å²) in [5, 5.41) is 9.84. The molecule has 0 bridgehead atoms.